The largest absolute Gasteiger partial charge is 0.493 e. The topological polar surface area (TPSA) is 33.0 Å². The van der Waals surface area contributed by atoms with Crippen LogP contribution in [0.5, 0.6) is 5.75 Å². The molecule has 1 aromatic rings. The van der Waals surface area contributed by atoms with Gasteiger partial charge in [0, 0.05) is 5.92 Å². The van der Waals surface area contributed by atoms with Crippen LogP contribution in [0.2, 0.25) is 0 Å². The van der Waals surface area contributed by atoms with Crippen LogP contribution in [-0.4, -0.2) is 6.61 Å². The molecule has 1 saturated carbocycles. The van der Waals surface area contributed by atoms with Gasteiger partial charge in [0.1, 0.15) is 5.75 Å². The predicted molar refractivity (Wildman–Crippen MR) is 56.4 cm³/mol. The van der Waals surface area contributed by atoms with E-state index in [9.17, 15) is 0 Å². The van der Waals surface area contributed by atoms with Crippen molar-refractivity contribution >= 4 is 0 Å². The zero-order valence-electron chi connectivity index (χ0n) is 8.57. The van der Waals surface area contributed by atoms with E-state index in [4.69, 9.17) is 10.00 Å². The highest BCUT2D eigenvalue weighted by atomic mass is 16.5. The minimum atomic E-state index is -0.0620. The molecule has 1 atom stereocenters. The third-order valence-electron chi connectivity index (χ3n) is 3.67. The third-order valence-corrected chi connectivity index (χ3v) is 3.67. The fraction of sp³-hybridized carbons (Fsp3) is 0.462. The molecule has 1 unspecified atom stereocenters. The summed E-state index contributed by atoms with van der Waals surface area (Å²) < 4.78 is 5.71. The Morgan fingerprint density at radius 1 is 1.33 bits per heavy atom. The van der Waals surface area contributed by atoms with E-state index in [0.29, 0.717) is 12.5 Å². The van der Waals surface area contributed by atoms with Gasteiger partial charge in [0.05, 0.1) is 18.1 Å². The third kappa shape index (κ3) is 1.31. The molecule has 2 aliphatic rings. The van der Waals surface area contributed by atoms with Crippen molar-refractivity contribution in [1.29, 1.82) is 5.26 Å². The normalized spacial score (nSPS) is 25.9. The Labute approximate surface area is 89.5 Å². The van der Waals surface area contributed by atoms with Crippen molar-refractivity contribution in [2.75, 3.05) is 6.61 Å². The molecule has 0 aromatic heterocycles. The van der Waals surface area contributed by atoms with Crippen molar-refractivity contribution < 1.29 is 4.74 Å². The first-order chi connectivity index (χ1) is 7.34. The number of nitrogens with zero attached hydrogens (tertiary/aromatic N) is 1. The van der Waals surface area contributed by atoms with E-state index in [0.717, 1.165) is 25.0 Å². The molecule has 1 aliphatic carbocycles. The first-order valence-electron chi connectivity index (χ1n) is 5.46. The van der Waals surface area contributed by atoms with Crippen molar-refractivity contribution in [1.82, 2.24) is 0 Å². The summed E-state index contributed by atoms with van der Waals surface area (Å²) in [7, 11) is 0. The zero-order valence-corrected chi connectivity index (χ0v) is 8.57. The number of rotatable bonds is 1. The molecule has 76 valence electrons. The minimum Gasteiger partial charge on any atom is -0.493 e. The summed E-state index contributed by atoms with van der Waals surface area (Å²) >= 11 is 0. The molecule has 15 heavy (non-hydrogen) atoms. The molecule has 0 bridgehead atoms. The summed E-state index contributed by atoms with van der Waals surface area (Å²) in [6.07, 6.45) is 3.11. The van der Waals surface area contributed by atoms with E-state index in [1.807, 2.05) is 18.2 Å². The van der Waals surface area contributed by atoms with Crippen LogP contribution in [0.1, 0.15) is 18.4 Å². The lowest BCUT2D eigenvalue weighted by molar-refractivity contribution is 0.182. The van der Waals surface area contributed by atoms with Gasteiger partial charge in [-0.3, -0.25) is 0 Å². The lowest BCUT2D eigenvalue weighted by Gasteiger charge is -2.28. The van der Waals surface area contributed by atoms with Gasteiger partial charge in [0.2, 0.25) is 0 Å². The molecule has 3 rings (SSSR count). The van der Waals surface area contributed by atoms with Crippen molar-refractivity contribution in [2.24, 2.45) is 11.3 Å². The number of fused-ring (bicyclic) bond motifs is 1. The average Bonchev–Trinajstić information content (AvgIpc) is 3.09. The summed E-state index contributed by atoms with van der Waals surface area (Å²) in [4.78, 5) is 0. The van der Waals surface area contributed by atoms with E-state index in [2.05, 4.69) is 12.1 Å². The van der Waals surface area contributed by atoms with Gasteiger partial charge >= 0.3 is 0 Å². The van der Waals surface area contributed by atoms with Crippen LogP contribution in [0.3, 0.4) is 0 Å². The average molecular weight is 199 g/mol. The van der Waals surface area contributed by atoms with Crippen molar-refractivity contribution in [3.63, 3.8) is 0 Å². The number of nitriles is 1. The Balaban J connectivity index is 1.87. The van der Waals surface area contributed by atoms with Gasteiger partial charge in [0.25, 0.3) is 0 Å². The fourth-order valence-corrected chi connectivity index (χ4v) is 2.43. The molecule has 1 aliphatic heterocycles. The highest BCUT2D eigenvalue weighted by Gasteiger charge is 2.51. The molecule has 0 spiro atoms. The summed E-state index contributed by atoms with van der Waals surface area (Å²) in [5, 5.41) is 9.15. The van der Waals surface area contributed by atoms with Gasteiger partial charge in [-0.1, -0.05) is 18.2 Å². The Kier molecular flexibility index (Phi) is 1.76. The zero-order chi connectivity index (χ0) is 10.3. The molecule has 2 heteroatoms. The summed E-state index contributed by atoms with van der Waals surface area (Å²) in [6, 6.07) is 10.6. The highest BCUT2D eigenvalue weighted by molar-refractivity contribution is 5.36. The van der Waals surface area contributed by atoms with Gasteiger partial charge in [-0.05, 0) is 30.9 Å². The standard InChI is InChI=1S/C13H13NO/c14-9-13(5-6-13)11-7-10-3-1-2-4-12(10)15-8-11/h1-4,11H,5-8H2. The van der Waals surface area contributed by atoms with E-state index in [-0.39, 0.29) is 5.41 Å². The van der Waals surface area contributed by atoms with Crippen LogP contribution >= 0.6 is 0 Å². The number of hydrogen-bond acceptors (Lipinski definition) is 2. The second kappa shape index (κ2) is 3.00. The van der Waals surface area contributed by atoms with Crippen LogP contribution in [0.15, 0.2) is 24.3 Å². The van der Waals surface area contributed by atoms with Crippen LogP contribution < -0.4 is 4.74 Å². The molecule has 0 saturated heterocycles. The molecular weight excluding hydrogens is 186 g/mol. The van der Waals surface area contributed by atoms with Gasteiger partial charge in [-0.15, -0.1) is 0 Å². The molecule has 2 nitrogen and oxygen atoms in total. The molecular formula is C13H13NO. The molecule has 1 heterocycles. The molecule has 0 radical (unpaired) electrons. The first-order valence-corrected chi connectivity index (χ1v) is 5.46. The lowest BCUT2D eigenvalue weighted by Crippen LogP contribution is -2.28. The fourth-order valence-electron chi connectivity index (χ4n) is 2.43. The summed E-state index contributed by atoms with van der Waals surface area (Å²) in [5.41, 5.74) is 1.20. The van der Waals surface area contributed by atoms with Gasteiger partial charge < -0.3 is 4.74 Å². The summed E-state index contributed by atoms with van der Waals surface area (Å²) in [5.74, 6) is 1.40. The molecule has 1 fully saturated rings. The van der Waals surface area contributed by atoms with E-state index in [1.54, 1.807) is 0 Å². The van der Waals surface area contributed by atoms with Crippen molar-refractivity contribution in [3.05, 3.63) is 29.8 Å². The van der Waals surface area contributed by atoms with E-state index >= 15 is 0 Å². The Hall–Kier alpha value is -1.49. The van der Waals surface area contributed by atoms with E-state index < -0.39 is 0 Å². The molecule has 0 amide bonds. The monoisotopic (exact) mass is 199 g/mol. The Morgan fingerprint density at radius 3 is 2.87 bits per heavy atom. The predicted octanol–water partition coefficient (Wildman–Crippen LogP) is 2.54. The quantitative estimate of drug-likeness (QED) is 0.696. The number of hydrogen-bond donors (Lipinski definition) is 0. The maximum absolute atomic E-state index is 9.15. The number of para-hydroxylation sites is 1. The van der Waals surface area contributed by atoms with E-state index in [1.165, 1.54) is 5.56 Å². The van der Waals surface area contributed by atoms with Crippen LogP contribution in [0, 0.1) is 22.7 Å². The second-order valence-corrected chi connectivity index (χ2v) is 4.59. The van der Waals surface area contributed by atoms with Crippen LogP contribution in [0.4, 0.5) is 0 Å². The Bertz CT molecular complexity index is 428. The van der Waals surface area contributed by atoms with Gasteiger partial charge in [0.15, 0.2) is 0 Å². The maximum Gasteiger partial charge on any atom is 0.122 e. The van der Waals surface area contributed by atoms with Gasteiger partial charge in [-0.25, -0.2) is 0 Å². The smallest absolute Gasteiger partial charge is 0.122 e. The van der Waals surface area contributed by atoms with Crippen LogP contribution in [-0.2, 0) is 6.42 Å². The van der Waals surface area contributed by atoms with Gasteiger partial charge in [-0.2, -0.15) is 5.26 Å². The summed E-state index contributed by atoms with van der Waals surface area (Å²) in [6.45, 7) is 0.713. The SMILES string of the molecule is N#CC1(C2COc3ccccc3C2)CC1. The number of ether oxygens (including phenoxy) is 1. The molecule has 1 aromatic carbocycles. The lowest BCUT2D eigenvalue weighted by atomic mass is 9.84. The minimum absolute atomic E-state index is 0.0620. The molecule has 0 N–H and O–H groups in total. The Morgan fingerprint density at radius 2 is 2.13 bits per heavy atom. The number of benzene rings is 1. The first kappa shape index (κ1) is 8.79. The van der Waals surface area contributed by atoms with Crippen molar-refractivity contribution in [2.45, 2.75) is 19.3 Å². The van der Waals surface area contributed by atoms with Crippen molar-refractivity contribution in [3.8, 4) is 11.8 Å². The maximum atomic E-state index is 9.15. The second-order valence-electron chi connectivity index (χ2n) is 4.59. The van der Waals surface area contributed by atoms with Crippen LogP contribution in [0.25, 0.3) is 0 Å². The highest BCUT2D eigenvalue weighted by Crippen LogP contribution is 2.53.